The van der Waals surface area contributed by atoms with Gasteiger partial charge in [0, 0.05) is 23.9 Å². The van der Waals surface area contributed by atoms with Gasteiger partial charge in [0.25, 0.3) is 0 Å². The minimum Gasteiger partial charge on any atom is -0.300 e. The van der Waals surface area contributed by atoms with Gasteiger partial charge in [0.15, 0.2) is 0 Å². The second-order valence-electron chi connectivity index (χ2n) is 4.51. The van der Waals surface area contributed by atoms with Crippen LogP contribution in [-0.4, -0.2) is 20.2 Å². The summed E-state index contributed by atoms with van der Waals surface area (Å²) < 4.78 is 27.0. The Labute approximate surface area is 122 Å². The average molecular weight is 322 g/mol. The lowest BCUT2D eigenvalue weighted by Gasteiger charge is -2.22. The van der Waals surface area contributed by atoms with E-state index in [0.29, 0.717) is 30.7 Å². The van der Waals surface area contributed by atoms with Gasteiger partial charge in [-0.1, -0.05) is 23.2 Å². The Bertz CT molecular complexity index is 591. The van der Waals surface area contributed by atoms with E-state index in [1.54, 1.807) is 0 Å². The second kappa shape index (κ2) is 5.79. The van der Waals surface area contributed by atoms with Crippen molar-refractivity contribution >= 4 is 39.0 Å². The zero-order valence-electron chi connectivity index (χ0n) is 10.0. The molecule has 104 valence electrons. The Balaban J connectivity index is 2.18. The van der Waals surface area contributed by atoms with Gasteiger partial charge in [-0.25, -0.2) is 13.1 Å². The van der Waals surface area contributed by atoms with Gasteiger partial charge in [0.05, 0.1) is 5.02 Å². The third-order valence-electron chi connectivity index (χ3n) is 3.05. The van der Waals surface area contributed by atoms with E-state index in [2.05, 4.69) is 4.72 Å². The predicted molar refractivity (Wildman–Crippen MR) is 74.0 cm³/mol. The summed E-state index contributed by atoms with van der Waals surface area (Å²) in [5, 5.41) is 0.437. The number of halogens is 2. The van der Waals surface area contributed by atoms with Crippen LogP contribution in [0.3, 0.4) is 0 Å². The number of carbonyl (C=O) groups is 1. The van der Waals surface area contributed by atoms with Gasteiger partial charge in [-0.2, -0.15) is 0 Å². The molecule has 0 aromatic heterocycles. The molecule has 1 aliphatic rings. The molecule has 0 amide bonds. The van der Waals surface area contributed by atoms with Crippen LogP contribution in [0.5, 0.6) is 0 Å². The van der Waals surface area contributed by atoms with Gasteiger partial charge in [-0.05, 0) is 31.0 Å². The fourth-order valence-electron chi connectivity index (χ4n) is 2.02. The van der Waals surface area contributed by atoms with Crippen LogP contribution in [0.25, 0.3) is 0 Å². The molecule has 2 rings (SSSR count). The van der Waals surface area contributed by atoms with E-state index in [1.807, 2.05) is 0 Å². The lowest BCUT2D eigenvalue weighted by atomic mass is 9.95. The quantitative estimate of drug-likeness (QED) is 0.931. The molecule has 1 N–H and O–H groups in total. The standard InChI is InChI=1S/C12H13Cl2NO3S/c13-8-1-6-11(14)12(7-8)19(17,18)15-9-2-4-10(16)5-3-9/h1,6-7,9,15H,2-5H2. The molecular formula is C12H13Cl2NO3S. The first-order valence-electron chi connectivity index (χ1n) is 5.87. The summed E-state index contributed by atoms with van der Waals surface area (Å²) in [6.45, 7) is 0. The van der Waals surface area contributed by atoms with Crippen molar-refractivity contribution in [2.45, 2.75) is 36.6 Å². The summed E-state index contributed by atoms with van der Waals surface area (Å²) in [4.78, 5) is 11.1. The minimum atomic E-state index is -3.71. The fourth-order valence-corrected chi connectivity index (χ4v) is 4.09. The Morgan fingerprint density at radius 3 is 2.42 bits per heavy atom. The van der Waals surface area contributed by atoms with Crippen molar-refractivity contribution in [3.8, 4) is 0 Å². The molecule has 0 spiro atoms. The Kier molecular flexibility index (Phi) is 4.50. The first-order valence-corrected chi connectivity index (χ1v) is 8.11. The maximum Gasteiger partial charge on any atom is 0.242 e. The normalized spacial score (nSPS) is 17.7. The van der Waals surface area contributed by atoms with Crippen molar-refractivity contribution in [1.29, 1.82) is 0 Å². The first-order chi connectivity index (χ1) is 8.88. The number of ketones is 1. The molecule has 0 saturated heterocycles. The van der Waals surface area contributed by atoms with Gasteiger partial charge in [0.2, 0.25) is 10.0 Å². The molecule has 0 atom stereocenters. The van der Waals surface area contributed by atoms with E-state index in [4.69, 9.17) is 23.2 Å². The number of hydrogen-bond acceptors (Lipinski definition) is 3. The maximum atomic E-state index is 12.2. The van der Waals surface area contributed by atoms with Crippen molar-refractivity contribution in [2.24, 2.45) is 0 Å². The van der Waals surface area contributed by atoms with Crippen LogP contribution in [0.4, 0.5) is 0 Å². The number of sulfonamides is 1. The van der Waals surface area contributed by atoms with E-state index in [-0.39, 0.29) is 21.7 Å². The molecule has 1 aromatic carbocycles. The number of nitrogens with one attached hydrogen (secondary N) is 1. The Hall–Kier alpha value is -0.620. The zero-order chi connectivity index (χ0) is 14.0. The molecule has 1 saturated carbocycles. The van der Waals surface area contributed by atoms with Crippen molar-refractivity contribution < 1.29 is 13.2 Å². The van der Waals surface area contributed by atoms with Crippen LogP contribution in [0.15, 0.2) is 23.1 Å². The van der Waals surface area contributed by atoms with E-state index in [1.165, 1.54) is 18.2 Å². The van der Waals surface area contributed by atoms with Crippen LogP contribution < -0.4 is 4.72 Å². The van der Waals surface area contributed by atoms with E-state index >= 15 is 0 Å². The topological polar surface area (TPSA) is 63.2 Å². The smallest absolute Gasteiger partial charge is 0.242 e. The molecule has 0 heterocycles. The molecule has 4 nitrogen and oxygen atoms in total. The van der Waals surface area contributed by atoms with Gasteiger partial charge in [0.1, 0.15) is 10.7 Å². The summed E-state index contributed by atoms with van der Waals surface area (Å²) >= 11 is 11.7. The first kappa shape index (κ1) is 14.8. The lowest BCUT2D eigenvalue weighted by Crippen LogP contribution is -2.37. The molecular weight excluding hydrogens is 309 g/mol. The van der Waals surface area contributed by atoms with Gasteiger partial charge in [-0.3, -0.25) is 4.79 Å². The zero-order valence-corrected chi connectivity index (χ0v) is 12.4. The molecule has 7 heteroatoms. The molecule has 0 aliphatic heterocycles. The Morgan fingerprint density at radius 1 is 1.16 bits per heavy atom. The number of Topliss-reactive ketones (excluding diaryl/α,β-unsaturated/α-hetero) is 1. The Morgan fingerprint density at radius 2 is 1.79 bits per heavy atom. The molecule has 1 fully saturated rings. The van der Waals surface area contributed by atoms with Crippen molar-refractivity contribution in [3.05, 3.63) is 28.2 Å². The number of carbonyl (C=O) groups excluding carboxylic acids is 1. The monoisotopic (exact) mass is 321 g/mol. The summed E-state index contributed by atoms with van der Waals surface area (Å²) in [6, 6.07) is 4.07. The van der Waals surface area contributed by atoms with Crippen molar-refractivity contribution in [1.82, 2.24) is 4.72 Å². The molecule has 0 unspecified atom stereocenters. The highest BCUT2D eigenvalue weighted by molar-refractivity contribution is 7.89. The largest absolute Gasteiger partial charge is 0.300 e. The lowest BCUT2D eigenvalue weighted by molar-refractivity contribution is -0.120. The SMILES string of the molecule is O=C1CCC(NS(=O)(=O)c2cc(Cl)ccc2Cl)CC1. The van der Waals surface area contributed by atoms with Crippen LogP contribution in [0.1, 0.15) is 25.7 Å². The van der Waals surface area contributed by atoms with Crippen LogP contribution in [-0.2, 0) is 14.8 Å². The van der Waals surface area contributed by atoms with Crippen LogP contribution >= 0.6 is 23.2 Å². The third kappa shape index (κ3) is 3.69. The summed E-state index contributed by atoms with van der Waals surface area (Å²) in [5.74, 6) is 0.177. The van der Waals surface area contributed by atoms with Crippen molar-refractivity contribution in [2.75, 3.05) is 0 Å². The van der Waals surface area contributed by atoms with Crippen LogP contribution in [0.2, 0.25) is 10.0 Å². The minimum absolute atomic E-state index is 0.0291. The second-order valence-corrected chi connectivity index (χ2v) is 7.04. The third-order valence-corrected chi connectivity index (χ3v) is 5.29. The highest BCUT2D eigenvalue weighted by Crippen LogP contribution is 2.26. The number of benzene rings is 1. The molecule has 19 heavy (non-hydrogen) atoms. The van der Waals surface area contributed by atoms with E-state index in [0.717, 1.165) is 0 Å². The predicted octanol–water partition coefficient (Wildman–Crippen LogP) is 2.78. The average Bonchev–Trinajstić information content (AvgIpc) is 2.35. The van der Waals surface area contributed by atoms with E-state index in [9.17, 15) is 13.2 Å². The summed E-state index contributed by atoms with van der Waals surface area (Å²) in [7, 11) is -3.71. The van der Waals surface area contributed by atoms with Gasteiger partial charge in [-0.15, -0.1) is 0 Å². The van der Waals surface area contributed by atoms with Gasteiger partial charge >= 0.3 is 0 Å². The number of hydrogen-bond donors (Lipinski definition) is 1. The molecule has 0 radical (unpaired) electrons. The molecule has 1 aromatic rings. The van der Waals surface area contributed by atoms with Gasteiger partial charge < -0.3 is 0 Å². The fraction of sp³-hybridized carbons (Fsp3) is 0.417. The number of rotatable bonds is 3. The maximum absolute atomic E-state index is 12.2. The van der Waals surface area contributed by atoms with Crippen LogP contribution in [0, 0.1) is 0 Å². The van der Waals surface area contributed by atoms with Crippen molar-refractivity contribution in [3.63, 3.8) is 0 Å². The summed E-state index contributed by atoms with van der Waals surface area (Å²) in [6.07, 6.45) is 1.87. The highest BCUT2D eigenvalue weighted by atomic mass is 35.5. The molecule has 1 aliphatic carbocycles. The molecule has 0 bridgehead atoms. The highest BCUT2D eigenvalue weighted by Gasteiger charge is 2.26. The summed E-state index contributed by atoms with van der Waals surface area (Å²) in [5.41, 5.74) is 0. The van der Waals surface area contributed by atoms with E-state index < -0.39 is 10.0 Å².